The number of aryl methyl sites for hydroxylation is 1. The molecule has 1 unspecified atom stereocenters. The average Bonchev–Trinajstić information content (AvgIpc) is 2.57. The van der Waals surface area contributed by atoms with Gasteiger partial charge in [-0.05, 0) is 43.4 Å². The van der Waals surface area contributed by atoms with E-state index in [0.717, 1.165) is 6.54 Å². The van der Waals surface area contributed by atoms with Crippen LogP contribution < -0.4 is 10.2 Å². The first kappa shape index (κ1) is 14.4. The molecule has 2 heteroatoms. The summed E-state index contributed by atoms with van der Waals surface area (Å²) in [4.78, 5) is 2.58. The minimum atomic E-state index is 0.288. The van der Waals surface area contributed by atoms with Gasteiger partial charge in [-0.15, -0.1) is 0 Å². The van der Waals surface area contributed by atoms with Crippen molar-refractivity contribution in [2.45, 2.75) is 46.1 Å². The van der Waals surface area contributed by atoms with Crippen LogP contribution in [0.1, 0.15) is 39.2 Å². The Morgan fingerprint density at radius 3 is 2.63 bits per heavy atom. The zero-order valence-corrected chi connectivity index (χ0v) is 12.9. The lowest BCUT2D eigenvalue weighted by atomic mass is 9.86. The highest BCUT2D eigenvalue weighted by Gasteiger charge is 2.26. The van der Waals surface area contributed by atoms with E-state index in [-0.39, 0.29) is 5.41 Å². The zero-order valence-electron chi connectivity index (χ0n) is 12.9. The van der Waals surface area contributed by atoms with Gasteiger partial charge in [0.2, 0.25) is 0 Å². The van der Waals surface area contributed by atoms with E-state index in [4.69, 9.17) is 0 Å². The smallest absolute Gasteiger partial charge is 0.0399 e. The van der Waals surface area contributed by atoms with Gasteiger partial charge in [-0.2, -0.15) is 0 Å². The number of anilines is 1. The molecular weight excluding hydrogens is 232 g/mol. The third-order valence-electron chi connectivity index (χ3n) is 4.25. The maximum atomic E-state index is 3.50. The fourth-order valence-electron chi connectivity index (χ4n) is 2.98. The first-order valence-electron chi connectivity index (χ1n) is 7.52. The quantitative estimate of drug-likeness (QED) is 0.895. The van der Waals surface area contributed by atoms with Gasteiger partial charge in [-0.3, -0.25) is 0 Å². The van der Waals surface area contributed by atoms with E-state index < -0.39 is 0 Å². The summed E-state index contributed by atoms with van der Waals surface area (Å²) in [6.07, 6.45) is 3.84. The van der Waals surface area contributed by atoms with Crippen molar-refractivity contribution in [2.24, 2.45) is 5.41 Å². The van der Waals surface area contributed by atoms with Crippen LogP contribution in [0.5, 0.6) is 0 Å². The van der Waals surface area contributed by atoms with Crippen molar-refractivity contribution < 1.29 is 0 Å². The maximum absolute atomic E-state index is 3.50. The number of hydrogen-bond donors (Lipinski definition) is 1. The van der Waals surface area contributed by atoms with E-state index in [0.29, 0.717) is 6.04 Å². The molecule has 0 saturated carbocycles. The van der Waals surface area contributed by atoms with Crippen molar-refractivity contribution >= 4 is 5.69 Å². The van der Waals surface area contributed by atoms with Crippen LogP contribution in [0, 0.1) is 5.41 Å². The highest BCUT2D eigenvalue weighted by molar-refractivity contribution is 5.54. The summed E-state index contributed by atoms with van der Waals surface area (Å²) >= 11 is 0. The molecule has 106 valence electrons. The van der Waals surface area contributed by atoms with Gasteiger partial charge in [0.25, 0.3) is 0 Å². The molecule has 0 spiro atoms. The highest BCUT2D eigenvalue weighted by Crippen LogP contribution is 2.28. The second-order valence-corrected chi connectivity index (χ2v) is 6.74. The molecular formula is C17H28N2. The third kappa shape index (κ3) is 3.50. The molecule has 0 radical (unpaired) electrons. The van der Waals surface area contributed by atoms with Gasteiger partial charge in [-0.25, -0.2) is 0 Å². The number of likely N-dealkylation sites (N-methyl/N-ethyl adjacent to an activating group) is 1. The number of para-hydroxylation sites is 1. The van der Waals surface area contributed by atoms with Gasteiger partial charge in [0.1, 0.15) is 0 Å². The topological polar surface area (TPSA) is 15.3 Å². The normalized spacial score (nSPS) is 17.8. The Bertz CT molecular complexity index is 406. The summed E-state index contributed by atoms with van der Waals surface area (Å²) in [6, 6.07) is 9.43. The Hall–Kier alpha value is -1.02. The fraction of sp³-hybridized carbons (Fsp3) is 0.647. The van der Waals surface area contributed by atoms with Crippen molar-refractivity contribution in [1.82, 2.24) is 5.32 Å². The van der Waals surface area contributed by atoms with E-state index in [2.05, 4.69) is 62.3 Å². The van der Waals surface area contributed by atoms with Gasteiger partial charge in [-0.1, -0.05) is 39.0 Å². The standard InChI is InChI=1S/C17H28N2/c1-17(2,3)16(18-4)13-19-12-8-7-10-14-9-5-6-11-15(14)19/h5-6,9,11,16,18H,7-8,10,12-13H2,1-4H3. The Labute approximate surface area is 118 Å². The predicted molar refractivity (Wildman–Crippen MR) is 83.9 cm³/mol. The number of benzene rings is 1. The van der Waals surface area contributed by atoms with Crippen LogP contribution in [0.3, 0.4) is 0 Å². The Morgan fingerprint density at radius 1 is 1.21 bits per heavy atom. The summed E-state index contributed by atoms with van der Waals surface area (Å²) in [5.74, 6) is 0. The maximum Gasteiger partial charge on any atom is 0.0399 e. The highest BCUT2D eigenvalue weighted by atomic mass is 15.2. The number of hydrogen-bond acceptors (Lipinski definition) is 2. The molecule has 1 atom stereocenters. The fourth-order valence-corrected chi connectivity index (χ4v) is 2.98. The third-order valence-corrected chi connectivity index (χ3v) is 4.25. The Kier molecular flexibility index (Phi) is 4.51. The average molecular weight is 260 g/mol. The summed E-state index contributed by atoms with van der Waals surface area (Å²) in [7, 11) is 2.08. The van der Waals surface area contributed by atoms with Gasteiger partial charge in [0.15, 0.2) is 0 Å². The van der Waals surface area contributed by atoms with Crippen LogP contribution in [-0.4, -0.2) is 26.2 Å². The summed E-state index contributed by atoms with van der Waals surface area (Å²) in [5, 5.41) is 3.50. The molecule has 0 saturated heterocycles. The summed E-state index contributed by atoms with van der Waals surface area (Å²) < 4.78 is 0. The Balaban J connectivity index is 2.20. The lowest BCUT2D eigenvalue weighted by molar-refractivity contribution is 0.283. The zero-order chi connectivity index (χ0) is 13.9. The Morgan fingerprint density at radius 2 is 1.95 bits per heavy atom. The molecule has 1 aliphatic rings. The van der Waals surface area contributed by atoms with Gasteiger partial charge in [0, 0.05) is 24.8 Å². The van der Waals surface area contributed by atoms with Crippen LogP contribution in [0.2, 0.25) is 0 Å². The SMILES string of the molecule is CNC(CN1CCCCc2ccccc21)C(C)(C)C. The molecule has 1 aromatic rings. The largest absolute Gasteiger partial charge is 0.370 e. The molecule has 0 aliphatic carbocycles. The number of nitrogens with zero attached hydrogens (tertiary/aromatic N) is 1. The first-order chi connectivity index (χ1) is 9.02. The summed E-state index contributed by atoms with van der Waals surface area (Å²) in [6.45, 7) is 9.23. The second-order valence-electron chi connectivity index (χ2n) is 6.74. The molecule has 1 N–H and O–H groups in total. The monoisotopic (exact) mass is 260 g/mol. The molecule has 2 rings (SSSR count). The van der Waals surface area contributed by atoms with Crippen molar-refractivity contribution in [2.75, 3.05) is 25.0 Å². The van der Waals surface area contributed by atoms with Crippen LogP contribution >= 0.6 is 0 Å². The van der Waals surface area contributed by atoms with E-state index in [1.165, 1.54) is 37.1 Å². The molecule has 0 aromatic heterocycles. The molecule has 0 fully saturated rings. The van der Waals surface area contributed by atoms with Crippen molar-refractivity contribution in [1.29, 1.82) is 0 Å². The van der Waals surface area contributed by atoms with E-state index in [1.807, 2.05) is 0 Å². The van der Waals surface area contributed by atoms with E-state index in [1.54, 1.807) is 0 Å². The van der Waals surface area contributed by atoms with E-state index in [9.17, 15) is 0 Å². The van der Waals surface area contributed by atoms with Crippen LogP contribution in [0.25, 0.3) is 0 Å². The van der Waals surface area contributed by atoms with Gasteiger partial charge >= 0.3 is 0 Å². The summed E-state index contributed by atoms with van der Waals surface area (Å²) in [5.41, 5.74) is 3.25. The van der Waals surface area contributed by atoms with Crippen molar-refractivity contribution in [3.05, 3.63) is 29.8 Å². The second kappa shape index (κ2) is 5.96. The van der Waals surface area contributed by atoms with Crippen LogP contribution in [0.4, 0.5) is 5.69 Å². The number of fused-ring (bicyclic) bond motifs is 1. The first-order valence-corrected chi connectivity index (χ1v) is 7.52. The molecule has 19 heavy (non-hydrogen) atoms. The molecule has 0 bridgehead atoms. The minimum Gasteiger partial charge on any atom is -0.370 e. The molecule has 1 aromatic carbocycles. The number of nitrogens with one attached hydrogen (secondary N) is 1. The van der Waals surface area contributed by atoms with E-state index >= 15 is 0 Å². The van der Waals surface area contributed by atoms with Crippen molar-refractivity contribution in [3.63, 3.8) is 0 Å². The molecule has 0 amide bonds. The molecule has 2 nitrogen and oxygen atoms in total. The van der Waals surface area contributed by atoms with Gasteiger partial charge in [0.05, 0.1) is 0 Å². The lowest BCUT2D eigenvalue weighted by Gasteiger charge is -2.36. The van der Waals surface area contributed by atoms with Gasteiger partial charge < -0.3 is 10.2 Å². The molecule has 1 aliphatic heterocycles. The number of rotatable bonds is 3. The lowest BCUT2D eigenvalue weighted by Crippen LogP contribution is -2.47. The van der Waals surface area contributed by atoms with Crippen LogP contribution in [0.15, 0.2) is 24.3 Å². The molecule has 1 heterocycles. The minimum absolute atomic E-state index is 0.288. The van der Waals surface area contributed by atoms with Crippen molar-refractivity contribution in [3.8, 4) is 0 Å². The predicted octanol–water partition coefficient (Wildman–Crippen LogP) is 3.46. The van der Waals surface area contributed by atoms with Crippen LogP contribution in [-0.2, 0) is 6.42 Å².